The van der Waals surface area contributed by atoms with E-state index < -0.39 is 0 Å². The zero-order valence-electron chi connectivity index (χ0n) is 13.5. The molecule has 2 bridgehead atoms. The van der Waals surface area contributed by atoms with Crippen molar-refractivity contribution < 1.29 is 4.74 Å². The lowest BCUT2D eigenvalue weighted by Crippen LogP contribution is -2.66. The van der Waals surface area contributed by atoms with Crippen LogP contribution >= 0.6 is 0 Å². The fourth-order valence-electron chi connectivity index (χ4n) is 5.49. The van der Waals surface area contributed by atoms with E-state index in [-0.39, 0.29) is 5.41 Å². The molecule has 3 rings (SSSR count). The number of fused-ring (bicyclic) bond motifs is 2. The predicted molar refractivity (Wildman–Crippen MR) is 79.1 cm³/mol. The molecule has 0 saturated heterocycles. The molecule has 2 heteroatoms. The lowest BCUT2D eigenvalue weighted by molar-refractivity contribution is -0.109. The van der Waals surface area contributed by atoms with Crippen molar-refractivity contribution in [3.05, 3.63) is 0 Å². The molecule has 2 nitrogen and oxygen atoms in total. The van der Waals surface area contributed by atoms with Gasteiger partial charge in [0.05, 0.1) is 6.10 Å². The Morgan fingerprint density at radius 1 is 1.05 bits per heavy atom. The molecular formula is C17H31NO. The molecule has 5 atom stereocenters. The molecule has 1 N–H and O–H groups in total. The van der Waals surface area contributed by atoms with Gasteiger partial charge >= 0.3 is 0 Å². The first-order valence-electron chi connectivity index (χ1n) is 8.00. The standard InChI is InChI=1S/C17H31NO/c1-15(2)11-7-8-17(5,10-11)14(15)18-12-9-13(19-6)16(12,3)4/h11-14,18H,7-10H2,1-6H3/t11-,12?,13?,14?,17+/m0/s1. The Bertz CT molecular complexity index is 371. The third-order valence-corrected chi connectivity index (χ3v) is 7.10. The van der Waals surface area contributed by atoms with Crippen LogP contribution in [0.3, 0.4) is 0 Å². The fraction of sp³-hybridized carbons (Fsp3) is 1.00. The molecule has 19 heavy (non-hydrogen) atoms. The van der Waals surface area contributed by atoms with Gasteiger partial charge in [-0.1, -0.05) is 34.6 Å². The van der Waals surface area contributed by atoms with E-state index in [0.29, 0.717) is 29.0 Å². The Labute approximate surface area is 118 Å². The van der Waals surface area contributed by atoms with Crippen molar-refractivity contribution in [2.24, 2.45) is 22.2 Å². The van der Waals surface area contributed by atoms with Crippen LogP contribution in [0.5, 0.6) is 0 Å². The SMILES string of the molecule is COC1CC(NC2C(C)(C)[C@H]3CC[C@]2(C)C3)C1(C)C. The second-order valence-corrected chi connectivity index (χ2v) is 8.85. The predicted octanol–water partition coefficient (Wildman–Crippen LogP) is 3.60. The summed E-state index contributed by atoms with van der Waals surface area (Å²) in [7, 11) is 1.85. The minimum Gasteiger partial charge on any atom is -0.381 e. The highest BCUT2D eigenvalue weighted by atomic mass is 16.5. The first-order valence-corrected chi connectivity index (χ1v) is 8.00. The van der Waals surface area contributed by atoms with Crippen LogP contribution in [0.1, 0.15) is 60.3 Å². The summed E-state index contributed by atoms with van der Waals surface area (Å²) in [6, 6.07) is 1.30. The van der Waals surface area contributed by atoms with E-state index in [9.17, 15) is 0 Å². The second-order valence-electron chi connectivity index (χ2n) is 8.85. The number of methoxy groups -OCH3 is 1. The summed E-state index contributed by atoms with van der Waals surface area (Å²) >= 11 is 0. The van der Waals surface area contributed by atoms with E-state index in [1.54, 1.807) is 0 Å². The molecule has 3 aliphatic rings. The fourth-order valence-corrected chi connectivity index (χ4v) is 5.49. The molecule has 0 spiro atoms. The largest absolute Gasteiger partial charge is 0.381 e. The first kappa shape index (κ1) is 13.9. The zero-order valence-corrected chi connectivity index (χ0v) is 13.5. The van der Waals surface area contributed by atoms with Gasteiger partial charge < -0.3 is 10.1 Å². The molecule has 0 aromatic rings. The smallest absolute Gasteiger partial charge is 0.0652 e. The van der Waals surface area contributed by atoms with Crippen LogP contribution < -0.4 is 5.32 Å². The third-order valence-electron chi connectivity index (χ3n) is 7.10. The molecule has 0 aromatic heterocycles. The van der Waals surface area contributed by atoms with E-state index >= 15 is 0 Å². The van der Waals surface area contributed by atoms with Gasteiger partial charge in [-0.15, -0.1) is 0 Å². The van der Waals surface area contributed by atoms with Crippen molar-refractivity contribution in [2.75, 3.05) is 7.11 Å². The van der Waals surface area contributed by atoms with E-state index in [2.05, 4.69) is 39.9 Å². The molecule has 0 radical (unpaired) electrons. The summed E-state index contributed by atoms with van der Waals surface area (Å²) < 4.78 is 5.60. The van der Waals surface area contributed by atoms with Crippen molar-refractivity contribution in [1.82, 2.24) is 5.32 Å². The van der Waals surface area contributed by atoms with Crippen LogP contribution in [0.2, 0.25) is 0 Å². The number of rotatable bonds is 3. The van der Waals surface area contributed by atoms with E-state index in [1.807, 2.05) is 7.11 Å². The van der Waals surface area contributed by atoms with E-state index in [4.69, 9.17) is 4.74 Å². The minimum atomic E-state index is 0.281. The Balaban J connectivity index is 1.74. The van der Waals surface area contributed by atoms with Crippen molar-refractivity contribution in [2.45, 2.75) is 78.5 Å². The van der Waals surface area contributed by atoms with Gasteiger partial charge in [-0.05, 0) is 42.4 Å². The molecule has 3 saturated carbocycles. The van der Waals surface area contributed by atoms with Crippen molar-refractivity contribution >= 4 is 0 Å². The molecule has 0 aromatic carbocycles. The highest BCUT2D eigenvalue weighted by molar-refractivity contribution is 5.15. The van der Waals surface area contributed by atoms with Crippen LogP contribution in [0.4, 0.5) is 0 Å². The molecule has 0 amide bonds. The highest BCUT2D eigenvalue weighted by Crippen LogP contribution is 2.63. The number of hydrogen-bond acceptors (Lipinski definition) is 2. The summed E-state index contributed by atoms with van der Waals surface area (Å²) in [6.07, 6.45) is 5.89. The summed E-state index contributed by atoms with van der Waals surface area (Å²) in [5.41, 5.74) is 1.27. The molecule has 0 aliphatic heterocycles. The van der Waals surface area contributed by atoms with Crippen molar-refractivity contribution in [3.8, 4) is 0 Å². The molecule has 110 valence electrons. The van der Waals surface area contributed by atoms with Crippen molar-refractivity contribution in [3.63, 3.8) is 0 Å². The number of ether oxygens (including phenoxy) is 1. The molecular weight excluding hydrogens is 234 g/mol. The highest BCUT2D eigenvalue weighted by Gasteiger charge is 2.61. The second kappa shape index (κ2) is 3.98. The van der Waals surface area contributed by atoms with E-state index in [0.717, 1.165) is 5.92 Å². The van der Waals surface area contributed by atoms with Crippen molar-refractivity contribution in [1.29, 1.82) is 0 Å². The molecule has 3 unspecified atom stereocenters. The Morgan fingerprint density at radius 2 is 1.74 bits per heavy atom. The van der Waals surface area contributed by atoms with Gasteiger partial charge in [-0.3, -0.25) is 0 Å². The average Bonchev–Trinajstić information content (AvgIpc) is 2.78. The summed E-state index contributed by atoms with van der Waals surface area (Å²) in [5, 5.41) is 4.05. The lowest BCUT2D eigenvalue weighted by Gasteiger charge is -2.55. The molecule has 3 aliphatic carbocycles. The van der Waals surface area contributed by atoms with Crippen LogP contribution in [0.15, 0.2) is 0 Å². The van der Waals surface area contributed by atoms with Crippen LogP contribution in [-0.2, 0) is 4.74 Å². The lowest BCUT2D eigenvalue weighted by atomic mass is 9.62. The van der Waals surface area contributed by atoms with Crippen LogP contribution in [0, 0.1) is 22.2 Å². The van der Waals surface area contributed by atoms with Gasteiger partial charge in [0.1, 0.15) is 0 Å². The van der Waals surface area contributed by atoms with E-state index in [1.165, 1.54) is 25.7 Å². The zero-order chi connectivity index (χ0) is 14.1. The summed E-state index contributed by atoms with van der Waals surface area (Å²) in [4.78, 5) is 0. The Kier molecular flexibility index (Phi) is 2.91. The van der Waals surface area contributed by atoms with Gasteiger partial charge in [0.25, 0.3) is 0 Å². The van der Waals surface area contributed by atoms with Crippen LogP contribution in [0.25, 0.3) is 0 Å². The maximum atomic E-state index is 5.60. The van der Waals surface area contributed by atoms with Gasteiger partial charge in [0, 0.05) is 24.6 Å². The normalized spacial score (nSPS) is 50.2. The van der Waals surface area contributed by atoms with Gasteiger partial charge in [-0.25, -0.2) is 0 Å². The maximum Gasteiger partial charge on any atom is 0.0652 e. The van der Waals surface area contributed by atoms with Gasteiger partial charge in [0.2, 0.25) is 0 Å². The average molecular weight is 265 g/mol. The third kappa shape index (κ3) is 1.75. The van der Waals surface area contributed by atoms with Gasteiger partial charge in [0.15, 0.2) is 0 Å². The van der Waals surface area contributed by atoms with Crippen LogP contribution in [-0.4, -0.2) is 25.3 Å². The minimum absolute atomic E-state index is 0.281. The Morgan fingerprint density at radius 3 is 2.21 bits per heavy atom. The summed E-state index contributed by atoms with van der Waals surface area (Å²) in [5.74, 6) is 0.927. The monoisotopic (exact) mass is 265 g/mol. The topological polar surface area (TPSA) is 21.3 Å². The number of hydrogen-bond donors (Lipinski definition) is 1. The maximum absolute atomic E-state index is 5.60. The molecule has 0 heterocycles. The quantitative estimate of drug-likeness (QED) is 0.842. The summed E-state index contributed by atoms with van der Waals surface area (Å²) in [6.45, 7) is 12.2. The number of nitrogens with one attached hydrogen (secondary N) is 1. The first-order chi connectivity index (χ1) is 8.72. The van der Waals surface area contributed by atoms with Gasteiger partial charge in [-0.2, -0.15) is 0 Å². The Hall–Kier alpha value is -0.0800. The molecule has 3 fully saturated rings.